The lowest BCUT2D eigenvalue weighted by Crippen LogP contribution is -2.04. The maximum atomic E-state index is 5.78. The zero-order valence-corrected chi connectivity index (χ0v) is 11.2. The number of ether oxygens (including phenoxy) is 2. The second-order valence-electron chi connectivity index (χ2n) is 3.74. The molecule has 5 heteroatoms. The second-order valence-corrected chi connectivity index (χ2v) is 4.13. The zero-order chi connectivity index (χ0) is 12.5. The minimum absolute atomic E-state index is 0.319. The van der Waals surface area contributed by atoms with Crippen molar-refractivity contribution in [1.82, 2.24) is 10.2 Å². The second kappa shape index (κ2) is 8.12. The third-order valence-electron chi connectivity index (χ3n) is 2.19. The van der Waals surface area contributed by atoms with E-state index in [9.17, 15) is 0 Å². The standard InChI is InChI=1S/C12H19ClN2O2/c1-3-5-7-16-10-9-11(13)14-15-12(10)17-8-6-4-2/h9H,3-8H2,1-2H3. The summed E-state index contributed by atoms with van der Waals surface area (Å²) in [6.45, 7) is 5.48. The monoisotopic (exact) mass is 258 g/mol. The van der Waals surface area contributed by atoms with Crippen LogP contribution in [0.3, 0.4) is 0 Å². The maximum absolute atomic E-state index is 5.78. The topological polar surface area (TPSA) is 44.2 Å². The smallest absolute Gasteiger partial charge is 0.276 e. The molecule has 0 aliphatic heterocycles. The first-order valence-corrected chi connectivity index (χ1v) is 6.44. The van der Waals surface area contributed by atoms with E-state index in [2.05, 4.69) is 24.0 Å². The fraction of sp³-hybridized carbons (Fsp3) is 0.667. The van der Waals surface area contributed by atoms with Crippen molar-refractivity contribution in [3.8, 4) is 11.6 Å². The molecule has 0 aliphatic rings. The van der Waals surface area contributed by atoms with Crippen LogP contribution in [-0.4, -0.2) is 23.4 Å². The van der Waals surface area contributed by atoms with E-state index in [1.807, 2.05) is 0 Å². The summed E-state index contributed by atoms with van der Waals surface area (Å²) in [7, 11) is 0. The number of aromatic nitrogens is 2. The van der Waals surface area contributed by atoms with E-state index in [4.69, 9.17) is 21.1 Å². The summed E-state index contributed by atoms with van der Waals surface area (Å²) in [6, 6.07) is 1.64. The lowest BCUT2D eigenvalue weighted by molar-refractivity contribution is 0.250. The zero-order valence-electron chi connectivity index (χ0n) is 10.4. The van der Waals surface area contributed by atoms with Gasteiger partial charge in [-0.05, 0) is 12.8 Å². The lowest BCUT2D eigenvalue weighted by atomic mass is 10.3. The molecule has 1 aromatic heterocycles. The fourth-order valence-corrected chi connectivity index (χ4v) is 1.32. The van der Waals surface area contributed by atoms with E-state index in [1.54, 1.807) is 6.07 Å². The van der Waals surface area contributed by atoms with Gasteiger partial charge in [0.05, 0.1) is 13.2 Å². The number of rotatable bonds is 8. The van der Waals surface area contributed by atoms with Crippen LogP contribution in [0.1, 0.15) is 39.5 Å². The SMILES string of the molecule is CCCCOc1cc(Cl)nnc1OCCCC. The Balaban J connectivity index is 2.59. The Morgan fingerprint density at radius 3 is 2.35 bits per heavy atom. The van der Waals surface area contributed by atoms with E-state index in [1.165, 1.54) is 0 Å². The van der Waals surface area contributed by atoms with E-state index in [0.717, 1.165) is 25.7 Å². The molecule has 0 spiro atoms. The molecule has 0 unspecified atom stereocenters. The summed E-state index contributed by atoms with van der Waals surface area (Å²) in [5.74, 6) is 1.01. The molecule has 4 nitrogen and oxygen atoms in total. The van der Waals surface area contributed by atoms with Gasteiger partial charge in [-0.2, -0.15) is 0 Å². The Bertz CT molecular complexity index is 334. The maximum Gasteiger partial charge on any atom is 0.276 e. The van der Waals surface area contributed by atoms with Crippen LogP contribution in [0.25, 0.3) is 0 Å². The molecule has 0 fully saturated rings. The summed E-state index contributed by atoms with van der Waals surface area (Å²) in [5.41, 5.74) is 0. The van der Waals surface area contributed by atoms with Crippen LogP contribution < -0.4 is 9.47 Å². The average Bonchev–Trinajstić information content (AvgIpc) is 2.32. The third kappa shape index (κ3) is 5.22. The molecule has 0 saturated carbocycles. The number of unbranched alkanes of at least 4 members (excludes halogenated alkanes) is 2. The average molecular weight is 259 g/mol. The van der Waals surface area contributed by atoms with Crippen molar-refractivity contribution in [3.63, 3.8) is 0 Å². The summed E-state index contributed by atoms with van der Waals surface area (Å²) in [6.07, 6.45) is 4.14. The first-order chi connectivity index (χ1) is 8.27. The van der Waals surface area contributed by atoms with Crippen LogP contribution in [0.2, 0.25) is 5.15 Å². The summed E-state index contributed by atoms with van der Waals surface area (Å²) in [5, 5.41) is 7.98. The molecule has 0 bridgehead atoms. The predicted molar refractivity (Wildman–Crippen MR) is 67.8 cm³/mol. The quantitative estimate of drug-likeness (QED) is 0.670. The number of nitrogens with zero attached hydrogens (tertiary/aromatic N) is 2. The minimum Gasteiger partial charge on any atom is -0.488 e. The number of hydrogen-bond donors (Lipinski definition) is 0. The van der Waals surface area contributed by atoms with Crippen molar-refractivity contribution < 1.29 is 9.47 Å². The number of hydrogen-bond acceptors (Lipinski definition) is 4. The highest BCUT2D eigenvalue weighted by Crippen LogP contribution is 2.26. The van der Waals surface area contributed by atoms with Gasteiger partial charge in [-0.3, -0.25) is 0 Å². The molecule has 0 N–H and O–H groups in total. The number of halogens is 1. The lowest BCUT2D eigenvalue weighted by Gasteiger charge is -2.10. The van der Waals surface area contributed by atoms with E-state index < -0.39 is 0 Å². The van der Waals surface area contributed by atoms with Crippen LogP contribution in [0.5, 0.6) is 11.6 Å². The van der Waals surface area contributed by atoms with Gasteiger partial charge in [-0.15, -0.1) is 10.2 Å². The van der Waals surface area contributed by atoms with Gasteiger partial charge < -0.3 is 9.47 Å². The van der Waals surface area contributed by atoms with Gasteiger partial charge in [0.1, 0.15) is 0 Å². The van der Waals surface area contributed by atoms with E-state index in [0.29, 0.717) is 30.0 Å². The Hall–Kier alpha value is -1.03. The molecule has 17 heavy (non-hydrogen) atoms. The van der Waals surface area contributed by atoms with Crippen LogP contribution >= 0.6 is 11.6 Å². The van der Waals surface area contributed by atoms with Crippen molar-refractivity contribution in [2.45, 2.75) is 39.5 Å². The molecule has 0 aromatic carbocycles. The minimum atomic E-state index is 0.319. The van der Waals surface area contributed by atoms with Crippen LogP contribution in [0, 0.1) is 0 Å². The molecule has 0 saturated heterocycles. The molecule has 0 aliphatic carbocycles. The van der Waals surface area contributed by atoms with Crippen LogP contribution in [-0.2, 0) is 0 Å². The molecule has 0 atom stereocenters. The highest BCUT2D eigenvalue weighted by atomic mass is 35.5. The molecular formula is C12H19ClN2O2. The largest absolute Gasteiger partial charge is 0.488 e. The van der Waals surface area contributed by atoms with Gasteiger partial charge in [-0.1, -0.05) is 38.3 Å². The van der Waals surface area contributed by atoms with E-state index in [-0.39, 0.29) is 0 Å². The Kier molecular flexibility index (Phi) is 6.70. The Morgan fingerprint density at radius 2 is 1.71 bits per heavy atom. The van der Waals surface area contributed by atoms with Crippen molar-refractivity contribution in [1.29, 1.82) is 0 Å². The summed E-state index contributed by atoms with van der Waals surface area (Å²) < 4.78 is 11.1. The molecular weight excluding hydrogens is 240 g/mol. The van der Waals surface area contributed by atoms with Gasteiger partial charge in [0.25, 0.3) is 5.88 Å². The van der Waals surface area contributed by atoms with Crippen molar-refractivity contribution in [2.75, 3.05) is 13.2 Å². The summed E-state index contributed by atoms with van der Waals surface area (Å²) in [4.78, 5) is 0. The van der Waals surface area contributed by atoms with Gasteiger partial charge in [0.15, 0.2) is 10.9 Å². The molecule has 96 valence electrons. The highest BCUT2D eigenvalue weighted by Gasteiger charge is 2.09. The molecule has 0 amide bonds. The van der Waals surface area contributed by atoms with Crippen LogP contribution in [0.4, 0.5) is 0 Å². The van der Waals surface area contributed by atoms with Gasteiger partial charge >= 0.3 is 0 Å². The summed E-state index contributed by atoms with van der Waals surface area (Å²) >= 11 is 5.78. The molecule has 0 radical (unpaired) electrons. The normalized spacial score (nSPS) is 10.3. The molecule has 1 aromatic rings. The van der Waals surface area contributed by atoms with Crippen molar-refractivity contribution >= 4 is 11.6 Å². The molecule has 1 heterocycles. The van der Waals surface area contributed by atoms with Gasteiger partial charge in [0, 0.05) is 6.07 Å². The van der Waals surface area contributed by atoms with Gasteiger partial charge in [0.2, 0.25) is 0 Å². The highest BCUT2D eigenvalue weighted by molar-refractivity contribution is 6.29. The van der Waals surface area contributed by atoms with Crippen LogP contribution in [0.15, 0.2) is 6.07 Å². The van der Waals surface area contributed by atoms with Gasteiger partial charge in [-0.25, -0.2) is 0 Å². The van der Waals surface area contributed by atoms with E-state index >= 15 is 0 Å². The Labute approximate surface area is 107 Å². The van der Waals surface area contributed by atoms with Crippen molar-refractivity contribution in [2.24, 2.45) is 0 Å². The first kappa shape index (κ1) is 14.0. The fourth-order valence-electron chi connectivity index (χ4n) is 1.18. The molecule has 1 rings (SSSR count). The third-order valence-corrected chi connectivity index (χ3v) is 2.37. The first-order valence-electron chi connectivity index (χ1n) is 6.06. The van der Waals surface area contributed by atoms with Crippen molar-refractivity contribution in [3.05, 3.63) is 11.2 Å². The predicted octanol–water partition coefficient (Wildman–Crippen LogP) is 3.49. The Morgan fingerprint density at radius 1 is 1.06 bits per heavy atom.